The van der Waals surface area contributed by atoms with E-state index in [1.165, 1.54) is 6.92 Å². The van der Waals surface area contributed by atoms with Crippen molar-refractivity contribution in [2.75, 3.05) is 25.5 Å². The Bertz CT molecular complexity index is 389. The van der Waals surface area contributed by atoms with Gasteiger partial charge in [-0.15, -0.1) is 0 Å². The topological polar surface area (TPSA) is 83.1 Å². The van der Waals surface area contributed by atoms with Crippen LogP contribution in [0.3, 0.4) is 0 Å². The van der Waals surface area contributed by atoms with Gasteiger partial charge in [0.1, 0.15) is 5.69 Å². The van der Waals surface area contributed by atoms with Crippen LogP contribution in [-0.2, 0) is 4.79 Å². The second-order valence-corrected chi connectivity index (χ2v) is 3.42. The highest BCUT2D eigenvalue weighted by Gasteiger charge is 2.05. The van der Waals surface area contributed by atoms with Crippen LogP contribution in [0.15, 0.2) is 18.3 Å². The summed E-state index contributed by atoms with van der Waals surface area (Å²) in [5.41, 5.74) is 1.20. The Labute approximate surface area is 99.8 Å². The lowest BCUT2D eigenvalue weighted by Crippen LogP contribution is -2.33. The molecule has 1 aromatic rings. The van der Waals surface area contributed by atoms with Crippen LogP contribution in [0.2, 0.25) is 0 Å². The average Bonchev–Trinajstić information content (AvgIpc) is 2.34. The molecule has 6 heteroatoms. The molecule has 6 nitrogen and oxygen atoms in total. The van der Waals surface area contributed by atoms with Crippen LogP contribution in [0.4, 0.5) is 5.69 Å². The van der Waals surface area contributed by atoms with Gasteiger partial charge < -0.3 is 16.0 Å². The number of amides is 2. The van der Waals surface area contributed by atoms with E-state index >= 15 is 0 Å². The second-order valence-electron chi connectivity index (χ2n) is 3.42. The van der Waals surface area contributed by atoms with E-state index in [1.807, 2.05) is 0 Å². The van der Waals surface area contributed by atoms with E-state index < -0.39 is 0 Å². The minimum Gasteiger partial charge on any atom is -0.387 e. The number of rotatable bonds is 5. The van der Waals surface area contributed by atoms with Crippen LogP contribution in [0.5, 0.6) is 0 Å². The van der Waals surface area contributed by atoms with E-state index in [-0.39, 0.29) is 11.8 Å². The molecule has 17 heavy (non-hydrogen) atoms. The Morgan fingerprint density at radius 1 is 1.24 bits per heavy atom. The molecule has 1 rings (SSSR count). The zero-order valence-corrected chi connectivity index (χ0v) is 9.91. The number of hydrogen-bond acceptors (Lipinski definition) is 4. The Morgan fingerprint density at radius 2 is 1.94 bits per heavy atom. The van der Waals surface area contributed by atoms with E-state index in [9.17, 15) is 9.59 Å². The lowest BCUT2D eigenvalue weighted by atomic mass is 10.3. The number of nitrogens with one attached hydrogen (secondary N) is 3. The molecule has 0 radical (unpaired) electrons. The molecule has 92 valence electrons. The van der Waals surface area contributed by atoms with E-state index in [0.717, 1.165) is 5.69 Å². The van der Waals surface area contributed by atoms with Crippen LogP contribution in [0.1, 0.15) is 17.4 Å². The standard InChI is InChI=1S/C11H16N4O2/c1-8(16)13-5-6-14-11(17)10-4-3-9(12-2)7-15-10/h3-4,7,12H,5-6H2,1-2H3,(H,13,16)(H,14,17). The first-order valence-corrected chi connectivity index (χ1v) is 5.30. The summed E-state index contributed by atoms with van der Waals surface area (Å²) in [7, 11) is 1.78. The molecule has 2 amide bonds. The lowest BCUT2D eigenvalue weighted by molar-refractivity contribution is -0.118. The highest BCUT2D eigenvalue weighted by molar-refractivity contribution is 5.92. The second kappa shape index (κ2) is 6.47. The highest BCUT2D eigenvalue weighted by Crippen LogP contribution is 2.04. The molecule has 0 bridgehead atoms. The summed E-state index contributed by atoms with van der Waals surface area (Å²) in [6, 6.07) is 3.41. The van der Waals surface area contributed by atoms with Crippen molar-refractivity contribution in [3.05, 3.63) is 24.0 Å². The normalized spacial score (nSPS) is 9.53. The van der Waals surface area contributed by atoms with Gasteiger partial charge in [-0.05, 0) is 12.1 Å². The summed E-state index contributed by atoms with van der Waals surface area (Å²) < 4.78 is 0. The molecule has 0 saturated carbocycles. The molecule has 0 unspecified atom stereocenters. The highest BCUT2D eigenvalue weighted by atomic mass is 16.2. The maximum absolute atomic E-state index is 11.6. The Kier molecular flexibility index (Phi) is 4.93. The summed E-state index contributed by atoms with van der Waals surface area (Å²) in [6.07, 6.45) is 1.59. The summed E-state index contributed by atoms with van der Waals surface area (Å²) in [6.45, 7) is 2.23. The van der Waals surface area contributed by atoms with Gasteiger partial charge in [0.15, 0.2) is 0 Å². The van der Waals surface area contributed by atoms with Gasteiger partial charge in [0, 0.05) is 27.1 Å². The zero-order valence-electron chi connectivity index (χ0n) is 9.91. The van der Waals surface area contributed by atoms with Gasteiger partial charge in [0.2, 0.25) is 5.91 Å². The minimum absolute atomic E-state index is 0.115. The van der Waals surface area contributed by atoms with Crippen LogP contribution in [-0.4, -0.2) is 36.9 Å². The minimum atomic E-state index is -0.252. The van der Waals surface area contributed by atoms with Crippen molar-refractivity contribution in [1.29, 1.82) is 0 Å². The largest absolute Gasteiger partial charge is 0.387 e. The van der Waals surface area contributed by atoms with Crippen molar-refractivity contribution < 1.29 is 9.59 Å². The third-order valence-electron chi connectivity index (χ3n) is 2.07. The third kappa shape index (κ3) is 4.50. The molecule has 0 aromatic carbocycles. The molecule has 0 aliphatic rings. The van der Waals surface area contributed by atoms with Gasteiger partial charge >= 0.3 is 0 Å². The Balaban J connectivity index is 2.38. The van der Waals surface area contributed by atoms with Gasteiger partial charge in [0.05, 0.1) is 11.9 Å². The van der Waals surface area contributed by atoms with Gasteiger partial charge in [-0.3, -0.25) is 9.59 Å². The molecule has 1 aromatic heterocycles. The number of nitrogens with zero attached hydrogens (tertiary/aromatic N) is 1. The van der Waals surface area contributed by atoms with Gasteiger partial charge in [-0.25, -0.2) is 4.98 Å². The van der Waals surface area contributed by atoms with Crippen molar-refractivity contribution in [2.24, 2.45) is 0 Å². The fourth-order valence-electron chi connectivity index (χ4n) is 1.18. The molecule has 0 aliphatic carbocycles. The maximum Gasteiger partial charge on any atom is 0.269 e. The van der Waals surface area contributed by atoms with E-state index in [1.54, 1.807) is 25.4 Å². The zero-order chi connectivity index (χ0) is 12.7. The number of hydrogen-bond donors (Lipinski definition) is 3. The van der Waals surface area contributed by atoms with Crippen molar-refractivity contribution in [3.8, 4) is 0 Å². The number of anilines is 1. The summed E-state index contributed by atoms with van der Waals surface area (Å²) in [5, 5.41) is 8.16. The molecule has 0 aliphatic heterocycles. The first-order valence-electron chi connectivity index (χ1n) is 5.30. The lowest BCUT2D eigenvalue weighted by Gasteiger charge is -2.05. The fourth-order valence-corrected chi connectivity index (χ4v) is 1.18. The smallest absolute Gasteiger partial charge is 0.269 e. The molecular weight excluding hydrogens is 220 g/mol. The molecule has 0 fully saturated rings. The number of pyridine rings is 1. The quantitative estimate of drug-likeness (QED) is 0.628. The maximum atomic E-state index is 11.6. The van der Waals surface area contributed by atoms with E-state index in [4.69, 9.17) is 0 Å². The van der Waals surface area contributed by atoms with Gasteiger partial charge in [-0.1, -0.05) is 0 Å². The predicted octanol–water partition coefficient (Wildman–Crippen LogP) is -0.0108. The fraction of sp³-hybridized carbons (Fsp3) is 0.364. The van der Waals surface area contributed by atoms with E-state index in [0.29, 0.717) is 18.8 Å². The summed E-state index contributed by atoms with van der Waals surface area (Å²) >= 11 is 0. The number of aromatic nitrogens is 1. The molecular formula is C11H16N4O2. The van der Waals surface area contributed by atoms with Crippen molar-refractivity contribution in [1.82, 2.24) is 15.6 Å². The van der Waals surface area contributed by atoms with Crippen LogP contribution in [0, 0.1) is 0 Å². The number of carbonyl (C=O) groups excluding carboxylic acids is 2. The van der Waals surface area contributed by atoms with Crippen LogP contribution < -0.4 is 16.0 Å². The average molecular weight is 236 g/mol. The predicted molar refractivity (Wildman–Crippen MR) is 64.8 cm³/mol. The molecule has 0 atom stereocenters. The van der Waals surface area contributed by atoms with Crippen molar-refractivity contribution in [3.63, 3.8) is 0 Å². The SMILES string of the molecule is CNc1ccc(C(=O)NCCNC(C)=O)nc1. The van der Waals surface area contributed by atoms with Crippen LogP contribution >= 0.6 is 0 Å². The molecule has 3 N–H and O–H groups in total. The first-order chi connectivity index (χ1) is 8.13. The molecule has 0 spiro atoms. The number of carbonyl (C=O) groups is 2. The summed E-state index contributed by atoms with van der Waals surface area (Å²) in [4.78, 5) is 26.2. The van der Waals surface area contributed by atoms with Crippen LogP contribution in [0.25, 0.3) is 0 Å². The molecule has 1 heterocycles. The molecule has 0 saturated heterocycles. The first kappa shape index (κ1) is 13.0. The third-order valence-corrected chi connectivity index (χ3v) is 2.07. The van der Waals surface area contributed by atoms with Crippen molar-refractivity contribution in [2.45, 2.75) is 6.92 Å². The van der Waals surface area contributed by atoms with Gasteiger partial charge in [0.25, 0.3) is 5.91 Å². The van der Waals surface area contributed by atoms with Crippen molar-refractivity contribution >= 4 is 17.5 Å². The monoisotopic (exact) mass is 236 g/mol. The van der Waals surface area contributed by atoms with E-state index in [2.05, 4.69) is 20.9 Å². The van der Waals surface area contributed by atoms with Gasteiger partial charge in [-0.2, -0.15) is 0 Å². The Hall–Kier alpha value is -2.11. The Morgan fingerprint density at radius 3 is 2.47 bits per heavy atom. The summed E-state index contributed by atoms with van der Waals surface area (Å²) in [5.74, 6) is -0.367.